The summed E-state index contributed by atoms with van der Waals surface area (Å²) in [6.07, 6.45) is 0. The SMILES string of the molecule is Cc1cc(Nc2ccc(Cl)cc2)nc(NC(C)C)n1. The van der Waals surface area contributed by atoms with Crippen LogP contribution in [0.2, 0.25) is 5.02 Å². The minimum atomic E-state index is 0.296. The summed E-state index contributed by atoms with van der Waals surface area (Å²) in [6, 6.07) is 9.70. The lowest BCUT2D eigenvalue weighted by atomic mass is 10.3. The topological polar surface area (TPSA) is 49.8 Å². The molecular formula is C14H17ClN4. The molecule has 0 amide bonds. The van der Waals surface area contributed by atoms with Crippen LogP contribution < -0.4 is 10.6 Å². The van der Waals surface area contributed by atoms with Crippen LogP contribution in [-0.4, -0.2) is 16.0 Å². The summed E-state index contributed by atoms with van der Waals surface area (Å²) in [4.78, 5) is 8.77. The Balaban J connectivity index is 2.19. The number of nitrogens with zero attached hydrogens (tertiary/aromatic N) is 2. The third-order valence-corrected chi connectivity index (χ3v) is 2.64. The Hall–Kier alpha value is -1.81. The summed E-state index contributed by atoms with van der Waals surface area (Å²) in [6.45, 7) is 6.05. The molecule has 0 atom stereocenters. The highest BCUT2D eigenvalue weighted by molar-refractivity contribution is 6.30. The van der Waals surface area contributed by atoms with Crippen molar-refractivity contribution in [2.24, 2.45) is 0 Å². The zero-order valence-electron chi connectivity index (χ0n) is 11.2. The molecule has 0 saturated heterocycles. The van der Waals surface area contributed by atoms with E-state index in [4.69, 9.17) is 11.6 Å². The first-order valence-corrected chi connectivity index (χ1v) is 6.55. The molecule has 4 nitrogen and oxygen atoms in total. The van der Waals surface area contributed by atoms with E-state index in [2.05, 4.69) is 34.4 Å². The van der Waals surface area contributed by atoms with Gasteiger partial charge in [-0.3, -0.25) is 0 Å². The number of aryl methyl sites for hydroxylation is 1. The maximum atomic E-state index is 5.86. The van der Waals surface area contributed by atoms with Gasteiger partial charge in [-0.2, -0.15) is 4.98 Å². The van der Waals surface area contributed by atoms with Gasteiger partial charge in [-0.1, -0.05) is 11.6 Å². The van der Waals surface area contributed by atoms with Crippen molar-refractivity contribution < 1.29 is 0 Å². The number of benzene rings is 1. The third-order valence-electron chi connectivity index (χ3n) is 2.39. The molecule has 0 fully saturated rings. The maximum Gasteiger partial charge on any atom is 0.225 e. The summed E-state index contributed by atoms with van der Waals surface area (Å²) >= 11 is 5.86. The molecule has 0 spiro atoms. The summed E-state index contributed by atoms with van der Waals surface area (Å²) in [7, 11) is 0. The molecule has 0 aliphatic carbocycles. The lowest BCUT2D eigenvalue weighted by Crippen LogP contribution is -2.13. The number of nitrogens with one attached hydrogen (secondary N) is 2. The van der Waals surface area contributed by atoms with E-state index in [0.717, 1.165) is 17.2 Å². The standard InChI is InChI=1S/C14H17ClN4/c1-9(2)16-14-17-10(3)8-13(19-14)18-12-6-4-11(15)5-7-12/h4-9H,1-3H3,(H2,16,17,18,19). The normalized spacial score (nSPS) is 10.6. The van der Waals surface area contributed by atoms with Gasteiger partial charge in [0.1, 0.15) is 5.82 Å². The van der Waals surface area contributed by atoms with Crippen LogP contribution >= 0.6 is 11.6 Å². The molecule has 1 aromatic carbocycles. The summed E-state index contributed by atoms with van der Waals surface area (Å²) < 4.78 is 0. The van der Waals surface area contributed by atoms with Gasteiger partial charge in [-0.05, 0) is 45.0 Å². The molecule has 0 unspecified atom stereocenters. The van der Waals surface area contributed by atoms with Crippen LogP contribution in [0.1, 0.15) is 19.5 Å². The second-order valence-corrected chi connectivity index (χ2v) is 5.09. The lowest BCUT2D eigenvalue weighted by Gasteiger charge is -2.11. The lowest BCUT2D eigenvalue weighted by molar-refractivity contribution is 0.871. The van der Waals surface area contributed by atoms with E-state index in [1.165, 1.54) is 0 Å². The van der Waals surface area contributed by atoms with E-state index in [0.29, 0.717) is 17.0 Å². The Kier molecular flexibility index (Phi) is 4.22. The van der Waals surface area contributed by atoms with Crippen molar-refractivity contribution >= 4 is 29.1 Å². The molecule has 100 valence electrons. The molecule has 0 saturated carbocycles. The number of anilines is 3. The van der Waals surface area contributed by atoms with Gasteiger partial charge >= 0.3 is 0 Å². The highest BCUT2D eigenvalue weighted by atomic mass is 35.5. The fourth-order valence-corrected chi connectivity index (χ4v) is 1.76. The third kappa shape index (κ3) is 4.10. The number of hydrogen-bond donors (Lipinski definition) is 2. The van der Waals surface area contributed by atoms with Crippen molar-refractivity contribution in [1.29, 1.82) is 0 Å². The Morgan fingerprint density at radius 3 is 2.42 bits per heavy atom. The highest BCUT2D eigenvalue weighted by Gasteiger charge is 2.04. The summed E-state index contributed by atoms with van der Waals surface area (Å²) in [5, 5.41) is 7.15. The molecule has 2 rings (SSSR count). The van der Waals surface area contributed by atoms with E-state index < -0.39 is 0 Å². The minimum Gasteiger partial charge on any atom is -0.352 e. The Morgan fingerprint density at radius 1 is 1.11 bits per heavy atom. The van der Waals surface area contributed by atoms with Crippen molar-refractivity contribution in [3.05, 3.63) is 41.0 Å². The van der Waals surface area contributed by atoms with Crippen molar-refractivity contribution in [2.45, 2.75) is 26.8 Å². The molecule has 0 bridgehead atoms. The van der Waals surface area contributed by atoms with Crippen LogP contribution in [-0.2, 0) is 0 Å². The fraction of sp³-hybridized carbons (Fsp3) is 0.286. The molecule has 1 heterocycles. The molecular weight excluding hydrogens is 260 g/mol. The van der Waals surface area contributed by atoms with E-state index >= 15 is 0 Å². The van der Waals surface area contributed by atoms with E-state index in [1.54, 1.807) is 0 Å². The van der Waals surface area contributed by atoms with Crippen LogP contribution in [0, 0.1) is 6.92 Å². The monoisotopic (exact) mass is 276 g/mol. The van der Waals surface area contributed by atoms with Gasteiger partial charge in [0.25, 0.3) is 0 Å². The first-order chi connectivity index (χ1) is 9.02. The van der Waals surface area contributed by atoms with Gasteiger partial charge in [0.05, 0.1) is 0 Å². The van der Waals surface area contributed by atoms with Crippen molar-refractivity contribution in [2.75, 3.05) is 10.6 Å². The fourth-order valence-electron chi connectivity index (χ4n) is 1.64. The van der Waals surface area contributed by atoms with Crippen LogP contribution in [0.4, 0.5) is 17.5 Å². The average Bonchev–Trinajstić information content (AvgIpc) is 2.30. The minimum absolute atomic E-state index is 0.296. The Bertz CT molecular complexity index is 552. The number of rotatable bonds is 4. The molecule has 2 aromatic rings. The zero-order chi connectivity index (χ0) is 13.8. The molecule has 5 heteroatoms. The van der Waals surface area contributed by atoms with E-state index in [-0.39, 0.29) is 0 Å². The molecule has 19 heavy (non-hydrogen) atoms. The van der Waals surface area contributed by atoms with E-state index in [1.807, 2.05) is 37.3 Å². The molecule has 0 aliphatic rings. The number of hydrogen-bond acceptors (Lipinski definition) is 4. The van der Waals surface area contributed by atoms with Gasteiger partial charge < -0.3 is 10.6 Å². The second kappa shape index (κ2) is 5.89. The van der Waals surface area contributed by atoms with Crippen molar-refractivity contribution in [1.82, 2.24) is 9.97 Å². The van der Waals surface area contributed by atoms with Crippen molar-refractivity contribution in [3.63, 3.8) is 0 Å². The largest absolute Gasteiger partial charge is 0.352 e. The smallest absolute Gasteiger partial charge is 0.225 e. The van der Waals surface area contributed by atoms with Crippen molar-refractivity contribution in [3.8, 4) is 0 Å². The number of aromatic nitrogens is 2. The van der Waals surface area contributed by atoms with Gasteiger partial charge in [0, 0.05) is 28.5 Å². The summed E-state index contributed by atoms with van der Waals surface area (Å²) in [5.41, 5.74) is 1.85. The number of halogens is 1. The van der Waals surface area contributed by atoms with Gasteiger partial charge in [0.2, 0.25) is 5.95 Å². The highest BCUT2D eigenvalue weighted by Crippen LogP contribution is 2.19. The van der Waals surface area contributed by atoms with Crippen LogP contribution in [0.25, 0.3) is 0 Å². The Labute approximate surface area is 118 Å². The maximum absolute atomic E-state index is 5.86. The zero-order valence-corrected chi connectivity index (χ0v) is 12.0. The quantitative estimate of drug-likeness (QED) is 0.886. The van der Waals surface area contributed by atoms with Crippen LogP contribution in [0.3, 0.4) is 0 Å². The average molecular weight is 277 g/mol. The predicted octanol–water partition coefficient (Wildman–Crippen LogP) is 4.00. The van der Waals surface area contributed by atoms with Gasteiger partial charge in [0.15, 0.2) is 0 Å². The Morgan fingerprint density at radius 2 is 1.79 bits per heavy atom. The second-order valence-electron chi connectivity index (χ2n) is 4.65. The predicted molar refractivity (Wildman–Crippen MR) is 80.3 cm³/mol. The van der Waals surface area contributed by atoms with Gasteiger partial charge in [-0.25, -0.2) is 4.98 Å². The van der Waals surface area contributed by atoms with Gasteiger partial charge in [-0.15, -0.1) is 0 Å². The first kappa shape index (κ1) is 13.6. The summed E-state index contributed by atoms with van der Waals surface area (Å²) in [5.74, 6) is 1.39. The molecule has 0 aliphatic heterocycles. The van der Waals surface area contributed by atoms with E-state index in [9.17, 15) is 0 Å². The molecule has 0 radical (unpaired) electrons. The van der Waals surface area contributed by atoms with Crippen LogP contribution in [0.15, 0.2) is 30.3 Å². The molecule has 2 N–H and O–H groups in total. The van der Waals surface area contributed by atoms with Crippen LogP contribution in [0.5, 0.6) is 0 Å². The molecule has 1 aromatic heterocycles. The first-order valence-electron chi connectivity index (χ1n) is 6.18.